The molecule has 2 N–H and O–H groups in total. The molecular weight excluding hydrogens is 564 g/mol. The summed E-state index contributed by atoms with van der Waals surface area (Å²) >= 11 is 6.17. The first-order valence-corrected chi connectivity index (χ1v) is 15.4. The van der Waals surface area contributed by atoms with Gasteiger partial charge in [0, 0.05) is 23.7 Å². The second-order valence-corrected chi connectivity index (χ2v) is 12.6. The van der Waals surface area contributed by atoms with Crippen LogP contribution in [0.15, 0.2) is 71.7 Å². The van der Waals surface area contributed by atoms with Gasteiger partial charge < -0.3 is 15.3 Å². The summed E-state index contributed by atoms with van der Waals surface area (Å²) in [5.41, 5.74) is 4.39. The fourth-order valence-corrected chi connectivity index (χ4v) is 5.93. The Bertz CT molecular complexity index is 1570. The molecule has 1 atom stereocenters. The van der Waals surface area contributed by atoms with Crippen molar-refractivity contribution in [1.82, 2.24) is 4.90 Å². The summed E-state index contributed by atoms with van der Waals surface area (Å²) < 4.78 is 26.4. The van der Waals surface area contributed by atoms with Crippen molar-refractivity contribution in [3.63, 3.8) is 0 Å². The van der Waals surface area contributed by atoms with Crippen LogP contribution in [0.5, 0.6) is 0 Å². The van der Waals surface area contributed by atoms with Gasteiger partial charge in [-0.2, -0.15) is 0 Å². The third kappa shape index (κ3) is 7.72. The molecule has 0 radical (unpaired) electrons. The predicted octanol–water partition coefficient (Wildman–Crippen LogP) is 4.93. The summed E-state index contributed by atoms with van der Waals surface area (Å²) in [5, 5.41) is 12.5. The molecule has 0 spiro atoms. The van der Waals surface area contributed by atoms with Crippen LogP contribution < -0.4 is 9.62 Å². The van der Waals surface area contributed by atoms with E-state index in [9.17, 15) is 18.0 Å². The monoisotopic (exact) mass is 596 g/mol. The number of aliphatic carboxylic acids is 1. The summed E-state index contributed by atoms with van der Waals surface area (Å²) in [6.07, 6.45) is 2.17. The first-order chi connectivity index (χ1) is 19.4. The highest BCUT2D eigenvalue weighted by Gasteiger charge is 2.35. The number of rotatable bonds is 12. The number of carbonyl (C=O) groups is 2. The van der Waals surface area contributed by atoms with Gasteiger partial charge in [0.1, 0.15) is 5.92 Å². The number of aryl methyl sites for hydroxylation is 1. The maximum atomic E-state index is 13.3. The molecule has 4 rings (SSSR count). The van der Waals surface area contributed by atoms with E-state index in [1.54, 1.807) is 42.5 Å². The third-order valence-corrected chi connectivity index (χ3v) is 8.15. The Labute approximate surface area is 245 Å². The number of fused-ring (bicyclic) bond motifs is 1. The van der Waals surface area contributed by atoms with E-state index in [1.165, 1.54) is 10.6 Å². The van der Waals surface area contributed by atoms with Crippen LogP contribution in [-0.2, 0) is 26.0 Å². The molecule has 1 aliphatic heterocycles. The average Bonchev–Trinajstić information content (AvgIpc) is 3.22. The topological polar surface area (TPSA) is 119 Å². The molecule has 11 heteroatoms. The summed E-state index contributed by atoms with van der Waals surface area (Å²) in [6.45, 7) is 1.09. The van der Waals surface area contributed by atoms with Crippen molar-refractivity contribution >= 4 is 56.3 Å². The van der Waals surface area contributed by atoms with Gasteiger partial charge in [-0.3, -0.25) is 18.9 Å². The standard InChI is InChI=1S/C30H33ClN4O5S/c1-34(2)16-5-17-35(41(3,39)40)24-12-10-23(11-13-24)32-29(21-7-4-6-20(18-21)8-15-27(36)37)28-25-14-9-22(31)19-26(25)33-30(28)38/h4,6-7,9-14,18-19,28H,5,8,15-17H2,1-3H3,(H,33,38)(H,36,37). The minimum Gasteiger partial charge on any atom is -0.481 e. The van der Waals surface area contributed by atoms with E-state index in [0.29, 0.717) is 52.7 Å². The van der Waals surface area contributed by atoms with Crippen molar-refractivity contribution in [2.24, 2.45) is 4.99 Å². The number of aliphatic imine (C=N–C) groups is 1. The van der Waals surface area contributed by atoms with Gasteiger partial charge in [-0.1, -0.05) is 35.9 Å². The second kappa shape index (κ2) is 12.8. The van der Waals surface area contributed by atoms with Gasteiger partial charge in [0.2, 0.25) is 15.9 Å². The Morgan fingerprint density at radius 3 is 2.44 bits per heavy atom. The van der Waals surface area contributed by atoms with Crippen molar-refractivity contribution in [1.29, 1.82) is 0 Å². The van der Waals surface area contributed by atoms with Gasteiger partial charge >= 0.3 is 5.97 Å². The Morgan fingerprint density at radius 2 is 1.78 bits per heavy atom. The molecule has 0 saturated heterocycles. The Morgan fingerprint density at radius 1 is 1.05 bits per heavy atom. The Kier molecular flexibility index (Phi) is 9.47. The molecule has 0 saturated carbocycles. The lowest BCUT2D eigenvalue weighted by Crippen LogP contribution is -2.32. The van der Waals surface area contributed by atoms with Crippen molar-refractivity contribution in [2.45, 2.75) is 25.2 Å². The zero-order valence-corrected chi connectivity index (χ0v) is 24.7. The van der Waals surface area contributed by atoms with E-state index in [2.05, 4.69) is 5.32 Å². The lowest BCUT2D eigenvalue weighted by Gasteiger charge is -2.23. The van der Waals surface area contributed by atoms with Gasteiger partial charge in [0.05, 0.1) is 23.3 Å². The molecule has 41 heavy (non-hydrogen) atoms. The molecule has 0 fully saturated rings. The smallest absolute Gasteiger partial charge is 0.303 e. The first-order valence-electron chi connectivity index (χ1n) is 13.1. The summed E-state index contributed by atoms with van der Waals surface area (Å²) in [4.78, 5) is 31.3. The molecule has 216 valence electrons. The van der Waals surface area contributed by atoms with Gasteiger partial charge in [0.15, 0.2) is 0 Å². The highest BCUT2D eigenvalue weighted by atomic mass is 35.5. The second-order valence-electron chi connectivity index (χ2n) is 10.3. The molecule has 1 unspecified atom stereocenters. The largest absolute Gasteiger partial charge is 0.481 e. The van der Waals surface area contributed by atoms with Crippen LogP contribution in [0.4, 0.5) is 17.1 Å². The van der Waals surface area contributed by atoms with E-state index in [4.69, 9.17) is 21.7 Å². The fourth-order valence-electron chi connectivity index (χ4n) is 4.79. The van der Waals surface area contributed by atoms with Crippen molar-refractivity contribution in [3.05, 3.63) is 88.4 Å². The minimum absolute atomic E-state index is 0.0198. The molecule has 1 heterocycles. The van der Waals surface area contributed by atoms with E-state index >= 15 is 0 Å². The maximum absolute atomic E-state index is 13.3. The number of nitrogens with zero attached hydrogens (tertiary/aromatic N) is 3. The number of halogens is 1. The molecule has 3 aromatic carbocycles. The van der Waals surface area contributed by atoms with Gasteiger partial charge in [0.25, 0.3) is 0 Å². The molecule has 1 amide bonds. The van der Waals surface area contributed by atoms with E-state index < -0.39 is 21.9 Å². The zero-order chi connectivity index (χ0) is 29.7. The molecule has 9 nitrogen and oxygen atoms in total. The van der Waals surface area contributed by atoms with Gasteiger partial charge in [-0.05, 0) is 92.6 Å². The SMILES string of the molecule is CN(C)CCCN(c1ccc(N=C(c2cccc(CCC(=O)O)c2)C2C(=O)Nc3cc(Cl)ccc32)cc1)S(C)(=O)=O. The van der Waals surface area contributed by atoms with Crippen LogP contribution in [-0.4, -0.2) is 69.5 Å². The van der Waals surface area contributed by atoms with Crippen LogP contribution in [0.2, 0.25) is 5.02 Å². The molecule has 0 aliphatic carbocycles. The molecule has 3 aromatic rings. The number of carboxylic acids is 1. The number of anilines is 2. The Hall–Kier alpha value is -3.73. The lowest BCUT2D eigenvalue weighted by atomic mass is 9.89. The lowest BCUT2D eigenvalue weighted by molar-refractivity contribution is -0.137. The normalized spacial score (nSPS) is 15.1. The van der Waals surface area contributed by atoms with E-state index in [1.807, 2.05) is 43.3 Å². The zero-order valence-electron chi connectivity index (χ0n) is 23.2. The Balaban J connectivity index is 1.74. The number of carbonyl (C=O) groups excluding carboxylic acids is 1. The summed E-state index contributed by atoms with van der Waals surface area (Å²) in [7, 11) is 0.383. The maximum Gasteiger partial charge on any atom is 0.303 e. The number of nitrogens with one attached hydrogen (secondary N) is 1. The molecular formula is C30H33ClN4O5S. The molecule has 0 aromatic heterocycles. The number of benzene rings is 3. The minimum atomic E-state index is -3.50. The summed E-state index contributed by atoms with van der Waals surface area (Å²) in [5.74, 6) is -1.87. The van der Waals surface area contributed by atoms with Crippen LogP contribution in [0.1, 0.15) is 35.4 Å². The van der Waals surface area contributed by atoms with Crippen molar-refractivity contribution in [3.8, 4) is 0 Å². The van der Waals surface area contributed by atoms with Crippen molar-refractivity contribution < 1.29 is 23.1 Å². The van der Waals surface area contributed by atoms with Crippen LogP contribution in [0.3, 0.4) is 0 Å². The number of sulfonamides is 1. The summed E-state index contributed by atoms with van der Waals surface area (Å²) in [6, 6.07) is 19.4. The molecule has 0 bridgehead atoms. The van der Waals surface area contributed by atoms with Gasteiger partial charge in [-0.15, -0.1) is 0 Å². The number of amides is 1. The van der Waals surface area contributed by atoms with E-state index in [0.717, 1.165) is 17.7 Å². The highest BCUT2D eigenvalue weighted by Crippen LogP contribution is 2.38. The highest BCUT2D eigenvalue weighted by molar-refractivity contribution is 7.92. The number of hydrogen-bond acceptors (Lipinski definition) is 6. The van der Waals surface area contributed by atoms with Crippen molar-refractivity contribution in [2.75, 3.05) is 43.1 Å². The average molecular weight is 597 g/mol. The fraction of sp³-hybridized carbons (Fsp3) is 0.300. The predicted molar refractivity (Wildman–Crippen MR) is 163 cm³/mol. The van der Waals surface area contributed by atoms with Crippen LogP contribution >= 0.6 is 11.6 Å². The first kappa shape index (κ1) is 30.2. The third-order valence-electron chi connectivity index (χ3n) is 6.72. The quantitative estimate of drug-likeness (QED) is 0.286. The van der Waals surface area contributed by atoms with Gasteiger partial charge in [-0.25, -0.2) is 8.42 Å². The number of carboxylic acid groups (broad SMARTS) is 1. The van der Waals surface area contributed by atoms with Crippen LogP contribution in [0.25, 0.3) is 0 Å². The van der Waals surface area contributed by atoms with Crippen LogP contribution in [0, 0.1) is 0 Å². The molecule has 1 aliphatic rings. The van der Waals surface area contributed by atoms with E-state index in [-0.39, 0.29) is 12.3 Å². The number of hydrogen-bond donors (Lipinski definition) is 2.